The fourth-order valence-corrected chi connectivity index (χ4v) is 2.53. The Labute approximate surface area is 109 Å². The van der Waals surface area contributed by atoms with Gasteiger partial charge in [0.05, 0.1) is 0 Å². The van der Waals surface area contributed by atoms with Gasteiger partial charge in [-0.3, -0.25) is 9.59 Å². The zero-order chi connectivity index (χ0) is 13.2. The van der Waals surface area contributed by atoms with E-state index in [0.29, 0.717) is 25.3 Å². The van der Waals surface area contributed by atoms with E-state index < -0.39 is 5.97 Å². The van der Waals surface area contributed by atoms with Crippen molar-refractivity contribution in [3.63, 3.8) is 0 Å². The van der Waals surface area contributed by atoms with Crippen LogP contribution in [0.25, 0.3) is 0 Å². The third-order valence-electron chi connectivity index (χ3n) is 3.59. The maximum absolute atomic E-state index is 11.6. The molecule has 1 fully saturated rings. The summed E-state index contributed by atoms with van der Waals surface area (Å²) in [6.07, 6.45) is 9.62. The monoisotopic (exact) mass is 255 g/mol. The predicted molar refractivity (Wildman–Crippen MR) is 70.3 cm³/mol. The molecular formula is C14H25NO3. The predicted octanol–water partition coefficient (Wildman–Crippen LogP) is 2.72. The van der Waals surface area contributed by atoms with Crippen LogP contribution in [0, 0.1) is 5.92 Å². The van der Waals surface area contributed by atoms with E-state index in [4.69, 9.17) is 5.11 Å². The summed E-state index contributed by atoms with van der Waals surface area (Å²) < 4.78 is 0. The fraction of sp³-hybridized carbons (Fsp3) is 0.857. The molecule has 0 atom stereocenters. The highest BCUT2D eigenvalue weighted by Gasteiger charge is 2.16. The van der Waals surface area contributed by atoms with Crippen LogP contribution in [0.4, 0.5) is 0 Å². The summed E-state index contributed by atoms with van der Waals surface area (Å²) in [6, 6.07) is 0. The number of carboxylic acids is 1. The largest absolute Gasteiger partial charge is 0.481 e. The summed E-state index contributed by atoms with van der Waals surface area (Å²) in [5.41, 5.74) is 0. The van der Waals surface area contributed by atoms with Gasteiger partial charge in [-0.05, 0) is 31.6 Å². The molecule has 2 N–H and O–H groups in total. The summed E-state index contributed by atoms with van der Waals surface area (Å²) >= 11 is 0. The van der Waals surface area contributed by atoms with Crippen LogP contribution in [-0.4, -0.2) is 23.5 Å². The first kappa shape index (κ1) is 15.0. The van der Waals surface area contributed by atoms with Crippen molar-refractivity contribution < 1.29 is 14.7 Å². The first-order valence-corrected chi connectivity index (χ1v) is 7.17. The van der Waals surface area contributed by atoms with Gasteiger partial charge in [-0.2, -0.15) is 0 Å². The van der Waals surface area contributed by atoms with E-state index in [1.165, 1.54) is 32.1 Å². The second kappa shape index (κ2) is 8.95. The van der Waals surface area contributed by atoms with Crippen molar-refractivity contribution in [2.45, 2.75) is 64.2 Å². The molecule has 0 radical (unpaired) electrons. The first-order valence-electron chi connectivity index (χ1n) is 7.17. The highest BCUT2D eigenvalue weighted by molar-refractivity contribution is 5.76. The summed E-state index contributed by atoms with van der Waals surface area (Å²) in [7, 11) is 0. The van der Waals surface area contributed by atoms with Gasteiger partial charge in [0.15, 0.2) is 0 Å². The minimum Gasteiger partial charge on any atom is -0.481 e. The minimum atomic E-state index is -0.740. The lowest BCUT2D eigenvalue weighted by atomic mass is 9.87. The summed E-state index contributed by atoms with van der Waals surface area (Å²) in [5, 5.41) is 11.4. The number of carboxylic acid groups (broad SMARTS) is 1. The molecule has 4 heteroatoms. The van der Waals surface area contributed by atoms with Crippen molar-refractivity contribution in [1.82, 2.24) is 5.32 Å². The van der Waals surface area contributed by atoms with Crippen molar-refractivity contribution >= 4 is 11.9 Å². The van der Waals surface area contributed by atoms with Gasteiger partial charge in [-0.15, -0.1) is 0 Å². The van der Waals surface area contributed by atoms with Gasteiger partial charge in [-0.25, -0.2) is 0 Å². The van der Waals surface area contributed by atoms with Gasteiger partial charge in [0.25, 0.3) is 0 Å². The van der Waals surface area contributed by atoms with E-state index in [1.807, 2.05) is 0 Å². The Kier molecular flexibility index (Phi) is 7.46. The number of hydrogen-bond acceptors (Lipinski definition) is 2. The van der Waals surface area contributed by atoms with Gasteiger partial charge in [0, 0.05) is 19.4 Å². The molecule has 0 heterocycles. The standard InChI is InChI=1S/C14H25NO3/c16-13(11-12-7-3-1-4-8-12)15-10-6-2-5-9-14(17)18/h12H,1-11H2,(H,15,16)(H,17,18). The third-order valence-corrected chi connectivity index (χ3v) is 3.59. The molecule has 0 unspecified atom stereocenters. The van der Waals surface area contributed by atoms with Crippen LogP contribution in [0.15, 0.2) is 0 Å². The molecule has 104 valence electrons. The van der Waals surface area contributed by atoms with Crippen molar-refractivity contribution in [3.05, 3.63) is 0 Å². The number of hydrogen-bond donors (Lipinski definition) is 2. The maximum Gasteiger partial charge on any atom is 0.303 e. The molecule has 1 amide bonds. The Balaban J connectivity index is 1.94. The lowest BCUT2D eigenvalue weighted by Gasteiger charge is -2.20. The molecule has 0 aromatic carbocycles. The minimum absolute atomic E-state index is 0.167. The molecule has 18 heavy (non-hydrogen) atoms. The Morgan fingerprint density at radius 1 is 1.06 bits per heavy atom. The third kappa shape index (κ3) is 7.30. The number of carbonyl (C=O) groups excluding carboxylic acids is 1. The molecule has 0 aromatic rings. The number of nitrogens with one attached hydrogen (secondary N) is 1. The Hall–Kier alpha value is -1.06. The Morgan fingerprint density at radius 2 is 1.78 bits per heavy atom. The van der Waals surface area contributed by atoms with Crippen LogP contribution in [0.5, 0.6) is 0 Å². The molecule has 1 saturated carbocycles. The highest BCUT2D eigenvalue weighted by Crippen LogP contribution is 2.25. The molecule has 1 aliphatic carbocycles. The van der Waals surface area contributed by atoms with Crippen molar-refractivity contribution in [1.29, 1.82) is 0 Å². The first-order chi connectivity index (χ1) is 8.68. The van der Waals surface area contributed by atoms with Crippen LogP contribution in [0.1, 0.15) is 64.2 Å². The molecule has 0 saturated heterocycles. The second-order valence-corrected chi connectivity index (χ2v) is 5.26. The lowest BCUT2D eigenvalue weighted by Crippen LogP contribution is -2.27. The highest BCUT2D eigenvalue weighted by atomic mass is 16.4. The number of carbonyl (C=O) groups is 2. The molecule has 0 spiro atoms. The van der Waals surface area contributed by atoms with Crippen molar-refractivity contribution in [2.75, 3.05) is 6.54 Å². The van der Waals surface area contributed by atoms with Crippen molar-refractivity contribution in [3.8, 4) is 0 Å². The molecule has 0 aliphatic heterocycles. The van der Waals surface area contributed by atoms with Gasteiger partial charge in [-0.1, -0.05) is 25.7 Å². The van der Waals surface area contributed by atoms with Crippen LogP contribution in [0.2, 0.25) is 0 Å². The van der Waals surface area contributed by atoms with Gasteiger partial charge in [0.1, 0.15) is 0 Å². The van der Waals surface area contributed by atoms with E-state index in [-0.39, 0.29) is 12.3 Å². The zero-order valence-electron chi connectivity index (χ0n) is 11.1. The van der Waals surface area contributed by atoms with Gasteiger partial charge < -0.3 is 10.4 Å². The van der Waals surface area contributed by atoms with E-state index in [0.717, 1.165) is 12.8 Å². The lowest BCUT2D eigenvalue weighted by molar-refractivity contribution is -0.137. The summed E-state index contributed by atoms with van der Waals surface area (Å²) in [4.78, 5) is 21.9. The van der Waals surface area contributed by atoms with Crippen LogP contribution >= 0.6 is 0 Å². The molecular weight excluding hydrogens is 230 g/mol. The van der Waals surface area contributed by atoms with E-state index in [9.17, 15) is 9.59 Å². The molecule has 1 rings (SSSR count). The Morgan fingerprint density at radius 3 is 2.44 bits per heavy atom. The SMILES string of the molecule is O=C(O)CCCCCNC(=O)CC1CCCCC1. The van der Waals surface area contributed by atoms with Gasteiger partial charge in [0.2, 0.25) is 5.91 Å². The van der Waals surface area contributed by atoms with Crippen LogP contribution < -0.4 is 5.32 Å². The smallest absolute Gasteiger partial charge is 0.303 e. The Bertz CT molecular complexity index is 260. The zero-order valence-corrected chi connectivity index (χ0v) is 11.1. The molecule has 0 bridgehead atoms. The maximum atomic E-state index is 11.6. The summed E-state index contributed by atoms with van der Waals surface area (Å²) in [6.45, 7) is 0.686. The number of aliphatic carboxylic acids is 1. The number of rotatable bonds is 8. The number of unbranched alkanes of at least 4 members (excludes halogenated alkanes) is 2. The summed E-state index contributed by atoms with van der Waals surface area (Å²) in [5.74, 6) is 0.0160. The topological polar surface area (TPSA) is 66.4 Å². The average Bonchev–Trinajstić information content (AvgIpc) is 2.34. The average molecular weight is 255 g/mol. The van der Waals surface area contributed by atoms with Gasteiger partial charge >= 0.3 is 5.97 Å². The number of amides is 1. The van der Waals surface area contributed by atoms with Crippen LogP contribution in [-0.2, 0) is 9.59 Å². The normalized spacial score (nSPS) is 16.4. The van der Waals surface area contributed by atoms with Crippen molar-refractivity contribution in [2.24, 2.45) is 5.92 Å². The molecule has 4 nitrogen and oxygen atoms in total. The van der Waals surface area contributed by atoms with E-state index in [1.54, 1.807) is 0 Å². The molecule has 1 aliphatic rings. The fourth-order valence-electron chi connectivity index (χ4n) is 2.53. The van der Waals surface area contributed by atoms with E-state index >= 15 is 0 Å². The van der Waals surface area contributed by atoms with E-state index in [2.05, 4.69) is 5.32 Å². The quantitative estimate of drug-likeness (QED) is 0.655. The van der Waals surface area contributed by atoms with Crippen LogP contribution in [0.3, 0.4) is 0 Å². The molecule has 0 aromatic heterocycles. The second-order valence-electron chi connectivity index (χ2n) is 5.26.